The van der Waals surface area contributed by atoms with E-state index in [-0.39, 0.29) is 12.4 Å². The number of hydrogen-bond acceptors (Lipinski definition) is 2. The predicted octanol–water partition coefficient (Wildman–Crippen LogP) is 4.89. The summed E-state index contributed by atoms with van der Waals surface area (Å²) in [6, 6.07) is 20.0. The minimum absolute atomic E-state index is 0. The number of nitriles is 1. The summed E-state index contributed by atoms with van der Waals surface area (Å²) in [5.74, 6) is 0. The molecule has 0 radical (unpaired) electrons. The Labute approximate surface area is 163 Å². The summed E-state index contributed by atoms with van der Waals surface area (Å²) in [6.07, 6.45) is 6.89. The van der Waals surface area contributed by atoms with Gasteiger partial charge in [0.25, 0.3) is 0 Å². The summed E-state index contributed by atoms with van der Waals surface area (Å²) in [5.41, 5.74) is 4.65. The highest BCUT2D eigenvalue weighted by atomic mass is 35.5. The third kappa shape index (κ3) is 3.39. The van der Waals surface area contributed by atoms with Crippen molar-refractivity contribution in [1.29, 1.82) is 5.26 Å². The number of fused-ring (bicyclic) bond motifs is 2. The topological polar surface area (TPSA) is 27.0 Å². The van der Waals surface area contributed by atoms with Gasteiger partial charge in [0.05, 0.1) is 6.07 Å². The van der Waals surface area contributed by atoms with Gasteiger partial charge in [-0.2, -0.15) is 5.26 Å². The van der Waals surface area contributed by atoms with Gasteiger partial charge in [-0.05, 0) is 67.4 Å². The average molecular weight is 367 g/mol. The summed E-state index contributed by atoms with van der Waals surface area (Å²) >= 11 is 0. The summed E-state index contributed by atoms with van der Waals surface area (Å²) in [7, 11) is 0. The van der Waals surface area contributed by atoms with Gasteiger partial charge in [0, 0.05) is 6.54 Å². The molecular weight excluding hydrogens is 340 g/mol. The Kier molecular flexibility index (Phi) is 6.01. The van der Waals surface area contributed by atoms with Crippen LogP contribution in [0.1, 0.15) is 47.9 Å². The van der Waals surface area contributed by atoms with Crippen LogP contribution in [0.3, 0.4) is 0 Å². The molecule has 0 amide bonds. The van der Waals surface area contributed by atoms with Crippen molar-refractivity contribution in [3.05, 3.63) is 70.8 Å². The highest BCUT2D eigenvalue weighted by Gasteiger charge is 2.39. The first-order valence-corrected chi connectivity index (χ1v) is 9.64. The number of piperidine rings is 1. The van der Waals surface area contributed by atoms with Crippen molar-refractivity contribution in [2.45, 2.75) is 43.9 Å². The minimum atomic E-state index is -0.513. The van der Waals surface area contributed by atoms with Gasteiger partial charge in [-0.1, -0.05) is 55.0 Å². The van der Waals surface area contributed by atoms with Crippen LogP contribution in [0.4, 0.5) is 0 Å². The number of likely N-dealkylation sites (tertiary alicyclic amines) is 1. The molecule has 2 aromatic rings. The van der Waals surface area contributed by atoms with Crippen LogP contribution in [0, 0.1) is 11.3 Å². The molecule has 2 aliphatic rings. The first kappa shape index (κ1) is 19.0. The van der Waals surface area contributed by atoms with Crippen LogP contribution in [-0.4, -0.2) is 24.5 Å². The lowest BCUT2D eigenvalue weighted by Gasteiger charge is -2.33. The van der Waals surface area contributed by atoms with Crippen LogP contribution in [-0.2, 0) is 18.3 Å². The lowest BCUT2D eigenvalue weighted by atomic mass is 9.71. The van der Waals surface area contributed by atoms with Crippen molar-refractivity contribution >= 4 is 12.4 Å². The van der Waals surface area contributed by atoms with E-state index in [1.807, 2.05) is 0 Å². The number of hydrogen-bond donors (Lipinski definition) is 0. The van der Waals surface area contributed by atoms with Gasteiger partial charge in [0.15, 0.2) is 0 Å². The minimum Gasteiger partial charge on any atom is -0.303 e. The largest absolute Gasteiger partial charge is 0.303 e. The maximum Gasteiger partial charge on any atom is 0.109 e. The molecule has 0 unspecified atom stereocenters. The molecule has 3 heteroatoms. The SMILES string of the molecule is Cl.N#CC1(CCN2CCCCC2)c2ccccc2CCc2ccccc21. The van der Waals surface area contributed by atoms with Crippen LogP contribution >= 0.6 is 12.4 Å². The zero-order valence-corrected chi connectivity index (χ0v) is 16.1. The molecule has 0 aromatic heterocycles. The predicted molar refractivity (Wildman–Crippen MR) is 109 cm³/mol. The molecule has 1 heterocycles. The second-order valence-electron chi connectivity index (χ2n) is 7.48. The van der Waals surface area contributed by atoms with E-state index in [1.54, 1.807) is 0 Å². The molecule has 0 atom stereocenters. The molecule has 0 saturated carbocycles. The van der Waals surface area contributed by atoms with Crippen molar-refractivity contribution in [2.75, 3.05) is 19.6 Å². The molecule has 136 valence electrons. The second-order valence-corrected chi connectivity index (χ2v) is 7.48. The van der Waals surface area contributed by atoms with Gasteiger partial charge in [0.1, 0.15) is 5.41 Å². The summed E-state index contributed by atoms with van der Waals surface area (Å²) in [6.45, 7) is 3.38. The van der Waals surface area contributed by atoms with E-state index < -0.39 is 5.41 Å². The Hall–Kier alpha value is -1.82. The molecule has 4 rings (SSSR count). The summed E-state index contributed by atoms with van der Waals surface area (Å²) in [5, 5.41) is 10.4. The fourth-order valence-corrected chi connectivity index (χ4v) is 4.68. The number of benzene rings is 2. The van der Waals surface area contributed by atoms with Crippen molar-refractivity contribution in [2.24, 2.45) is 0 Å². The first-order valence-electron chi connectivity index (χ1n) is 9.64. The Morgan fingerprint density at radius 3 is 1.92 bits per heavy atom. The lowest BCUT2D eigenvalue weighted by Crippen LogP contribution is -2.36. The van der Waals surface area contributed by atoms with Gasteiger partial charge in [-0.15, -0.1) is 12.4 Å². The Balaban J connectivity index is 0.00000196. The Bertz CT molecular complexity index is 739. The third-order valence-corrected chi connectivity index (χ3v) is 6.06. The van der Waals surface area contributed by atoms with E-state index in [4.69, 9.17) is 0 Å². The molecule has 1 aliphatic carbocycles. The van der Waals surface area contributed by atoms with Crippen LogP contribution < -0.4 is 0 Å². The van der Waals surface area contributed by atoms with E-state index >= 15 is 0 Å². The lowest BCUT2D eigenvalue weighted by molar-refractivity contribution is 0.218. The van der Waals surface area contributed by atoms with E-state index in [1.165, 1.54) is 54.6 Å². The van der Waals surface area contributed by atoms with E-state index in [0.29, 0.717) is 0 Å². The molecule has 1 saturated heterocycles. The zero-order valence-electron chi connectivity index (χ0n) is 15.3. The molecule has 0 N–H and O–H groups in total. The molecule has 2 nitrogen and oxygen atoms in total. The van der Waals surface area contributed by atoms with Crippen LogP contribution in [0.25, 0.3) is 0 Å². The van der Waals surface area contributed by atoms with Crippen molar-refractivity contribution in [3.8, 4) is 6.07 Å². The Morgan fingerprint density at radius 2 is 1.38 bits per heavy atom. The smallest absolute Gasteiger partial charge is 0.109 e. The fraction of sp³-hybridized carbons (Fsp3) is 0.435. The molecule has 26 heavy (non-hydrogen) atoms. The Morgan fingerprint density at radius 1 is 0.846 bits per heavy atom. The van der Waals surface area contributed by atoms with E-state index in [9.17, 15) is 5.26 Å². The van der Waals surface area contributed by atoms with Crippen LogP contribution in [0.5, 0.6) is 0 Å². The first-order chi connectivity index (χ1) is 12.3. The van der Waals surface area contributed by atoms with Gasteiger partial charge >= 0.3 is 0 Å². The number of nitrogens with zero attached hydrogens (tertiary/aromatic N) is 2. The maximum absolute atomic E-state index is 10.4. The molecular formula is C23H27ClN2. The van der Waals surface area contributed by atoms with Crippen molar-refractivity contribution in [1.82, 2.24) is 4.90 Å². The maximum atomic E-state index is 10.4. The van der Waals surface area contributed by atoms with E-state index in [0.717, 1.165) is 25.8 Å². The monoisotopic (exact) mass is 366 g/mol. The number of halogens is 1. The number of aryl methyl sites for hydroxylation is 2. The van der Waals surface area contributed by atoms with Gasteiger partial charge in [-0.25, -0.2) is 0 Å². The third-order valence-electron chi connectivity index (χ3n) is 6.06. The summed E-state index contributed by atoms with van der Waals surface area (Å²) in [4.78, 5) is 2.55. The highest BCUT2D eigenvalue weighted by molar-refractivity contribution is 5.85. The van der Waals surface area contributed by atoms with Crippen LogP contribution in [0.15, 0.2) is 48.5 Å². The van der Waals surface area contributed by atoms with Gasteiger partial charge in [0.2, 0.25) is 0 Å². The van der Waals surface area contributed by atoms with Crippen molar-refractivity contribution in [3.63, 3.8) is 0 Å². The number of rotatable bonds is 3. The average Bonchev–Trinajstić information content (AvgIpc) is 2.83. The van der Waals surface area contributed by atoms with E-state index in [2.05, 4.69) is 59.5 Å². The van der Waals surface area contributed by atoms with Crippen molar-refractivity contribution < 1.29 is 0 Å². The summed E-state index contributed by atoms with van der Waals surface area (Å²) < 4.78 is 0. The molecule has 1 fully saturated rings. The zero-order chi connectivity index (χ0) is 17.1. The van der Waals surface area contributed by atoms with Gasteiger partial charge in [-0.3, -0.25) is 0 Å². The molecule has 0 bridgehead atoms. The molecule has 1 aliphatic heterocycles. The molecule has 2 aromatic carbocycles. The second kappa shape index (κ2) is 8.25. The van der Waals surface area contributed by atoms with Gasteiger partial charge < -0.3 is 4.90 Å². The standard InChI is InChI=1S/C23H26N2.ClH/c24-18-23(14-17-25-15-6-1-7-16-25)21-10-4-2-8-19(21)12-13-20-9-3-5-11-22(20)23;/h2-5,8-11H,1,6-7,12-17H2;1H. The quantitative estimate of drug-likeness (QED) is 0.773. The normalized spacial score (nSPS) is 18.6. The fourth-order valence-electron chi connectivity index (χ4n) is 4.68. The van der Waals surface area contributed by atoms with Crippen LogP contribution in [0.2, 0.25) is 0 Å². The highest BCUT2D eigenvalue weighted by Crippen LogP contribution is 2.42. The molecule has 0 spiro atoms.